The van der Waals surface area contributed by atoms with E-state index < -0.39 is 0 Å². The van der Waals surface area contributed by atoms with Gasteiger partial charge in [-0.05, 0) is 17.7 Å². The number of methoxy groups -OCH3 is 1. The van der Waals surface area contributed by atoms with E-state index in [0.717, 1.165) is 5.75 Å². The summed E-state index contributed by atoms with van der Waals surface area (Å²) in [6.45, 7) is 0. The largest absolute Gasteiger partial charge is 0.514 e. The monoisotopic (exact) mass is 239 g/mol. The second-order valence-electron chi connectivity index (χ2n) is 3.93. The Balaban J connectivity index is 2.07. The molecule has 17 heavy (non-hydrogen) atoms. The molecular formula is C15H12OP-. The third-order valence-corrected chi connectivity index (χ3v) is 4.13. The van der Waals surface area contributed by atoms with E-state index in [1.165, 1.54) is 29.6 Å². The maximum Gasteiger partial charge on any atom is 0.118 e. The molecule has 0 fully saturated rings. The summed E-state index contributed by atoms with van der Waals surface area (Å²) < 4.78 is 5.17. The number of hydrogen-bond donors (Lipinski definition) is 0. The minimum absolute atomic E-state index is 0.904. The number of benzene rings is 2. The van der Waals surface area contributed by atoms with E-state index in [4.69, 9.17) is 4.74 Å². The van der Waals surface area contributed by atoms with E-state index in [-0.39, 0.29) is 0 Å². The molecule has 1 aromatic heterocycles. The highest BCUT2D eigenvalue weighted by atomic mass is 31.0. The van der Waals surface area contributed by atoms with Gasteiger partial charge in [0, 0.05) is 0 Å². The molecule has 3 aromatic rings. The Labute approximate surface area is 102 Å². The van der Waals surface area contributed by atoms with Gasteiger partial charge in [-0.15, -0.1) is 0 Å². The van der Waals surface area contributed by atoms with Gasteiger partial charge >= 0.3 is 0 Å². The summed E-state index contributed by atoms with van der Waals surface area (Å²) in [5, 5.41) is 4.08. The van der Waals surface area contributed by atoms with Crippen molar-refractivity contribution in [2.75, 3.05) is 7.11 Å². The van der Waals surface area contributed by atoms with E-state index >= 15 is 0 Å². The van der Waals surface area contributed by atoms with E-state index in [0.29, 0.717) is 0 Å². The predicted octanol–water partition coefficient (Wildman–Crippen LogP) is 4.81. The third kappa shape index (κ3) is 1.94. The summed E-state index contributed by atoms with van der Waals surface area (Å²) in [4.78, 5) is 0. The molecule has 0 bridgehead atoms. The van der Waals surface area contributed by atoms with Crippen molar-refractivity contribution in [3.8, 4) is 16.6 Å². The smallest absolute Gasteiger partial charge is 0.118 e. The Kier molecular flexibility index (Phi) is 2.62. The zero-order valence-electron chi connectivity index (χ0n) is 9.55. The van der Waals surface area contributed by atoms with Crippen molar-refractivity contribution in [1.29, 1.82) is 0 Å². The number of rotatable bonds is 2. The highest BCUT2D eigenvalue weighted by Crippen LogP contribution is 2.37. The van der Waals surface area contributed by atoms with Crippen LogP contribution in [0.2, 0.25) is 0 Å². The average Bonchev–Trinajstić information content (AvgIpc) is 2.82. The van der Waals surface area contributed by atoms with Crippen molar-refractivity contribution in [2.45, 2.75) is 0 Å². The van der Waals surface area contributed by atoms with Gasteiger partial charge in [0.25, 0.3) is 0 Å². The lowest BCUT2D eigenvalue weighted by Gasteiger charge is -2.07. The fourth-order valence-electron chi connectivity index (χ4n) is 1.93. The van der Waals surface area contributed by atoms with E-state index in [1.54, 1.807) is 7.11 Å². The Hall–Kier alpha value is -1.72. The van der Waals surface area contributed by atoms with Gasteiger partial charge in [-0.1, -0.05) is 47.9 Å². The molecule has 0 aliphatic heterocycles. The number of fused-ring (bicyclic) bond motifs is 1. The molecule has 3 rings (SSSR count). The molecule has 1 nitrogen and oxygen atoms in total. The van der Waals surface area contributed by atoms with Gasteiger partial charge in [0.05, 0.1) is 7.11 Å². The molecule has 0 spiro atoms. The molecule has 0 aliphatic carbocycles. The molecule has 0 saturated heterocycles. The summed E-state index contributed by atoms with van der Waals surface area (Å²) in [5.41, 5.74) is 1.27. The highest BCUT2D eigenvalue weighted by molar-refractivity contribution is 7.40. The zero-order chi connectivity index (χ0) is 11.7. The van der Waals surface area contributed by atoms with Crippen LogP contribution in [0.5, 0.6) is 5.75 Å². The van der Waals surface area contributed by atoms with Crippen molar-refractivity contribution in [3.05, 3.63) is 54.6 Å². The molecule has 84 valence electrons. The van der Waals surface area contributed by atoms with Gasteiger partial charge in [0.1, 0.15) is 5.75 Å². The van der Waals surface area contributed by atoms with Crippen molar-refractivity contribution in [2.24, 2.45) is 0 Å². The van der Waals surface area contributed by atoms with Crippen LogP contribution in [0.4, 0.5) is 0 Å². The number of ether oxygens (including phenoxy) is 1. The molecule has 0 N–H and O–H groups in total. The Bertz CT molecular complexity index is 604. The summed E-state index contributed by atoms with van der Waals surface area (Å²) >= 11 is 0. The maximum atomic E-state index is 5.17. The van der Waals surface area contributed by atoms with Crippen LogP contribution in [0, 0.1) is 0 Å². The fourth-order valence-corrected chi connectivity index (χ4v) is 3.10. The quantitative estimate of drug-likeness (QED) is 0.623. The standard InChI is InChI=1S/C15H12OP/c1-16-13-8-6-11(7-9-13)15-10-12-4-2-3-5-14(12)17-15/h2-10H,1H3/q-1. The number of hydrogen-bond acceptors (Lipinski definition) is 1. The summed E-state index contributed by atoms with van der Waals surface area (Å²) in [6, 6.07) is 19.0. The van der Waals surface area contributed by atoms with E-state index in [9.17, 15) is 0 Å². The van der Waals surface area contributed by atoms with Crippen molar-refractivity contribution in [3.63, 3.8) is 0 Å². The molecule has 0 unspecified atom stereocenters. The van der Waals surface area contributed by atoms with Crippen molar-refractivity contribution >= 4 is 18.7 Å². The molecular weight excluding hydrogens is 227 g/mol. The first-order chi connectivity index (χ1) is 8.36. The molecule has 0 saturated carbocycles. The first kappa shape index (κ1) is 10.4. The highest BCUT2D eigenvalue weighted by Gasteiger charge is 1.94. The molecule has 0 amide bonds. The molecule has 0 atom stereocenters. The second kappa shape index (κ2) is 4.27. The summed E-state index contributed by atoms with van der Waals surface area (Å²) in [7, 11) is 2.99. The lowest BCUT2D eigenvalue weighted by molar-refractivity contribution is 0.415. The van der Waals surface area contributed by atoms with E-state index in [1.807, 2.05) is 12.1 Å². The normalized spacial score (nSPS) is 11.1. The second-order valence-corrected chi connectivity index (χ2v) is 5.12. The Morgan fingerprint density at radius 2 is 1.71 bits per heavy atom. The van der Waals surface area contributed by atoms with Gasteiger partial charge < -0.3 is 12.9 Å². The van der Waals surface area contributed by atoms with Gasteiger partial charge in [0.2, 0.25) is 0 Å². The first-order valence-corrected chi connectivity index (χ1v) is 6.43. The van der Waals surface area contributed by atoms with Crippen LogP contribution in [-0.2, 0) is 0 Å². The molecule has 2 heteroatoms. The zero-order valence-corrected chi connectivity index (χ0v) is 10.4. The predicted molar refractivity (Wildman–Crippen MR) is 74.0 cm³/mol. The van der Waals surface area contributed by atoms with Crippen LogP contribution >= 0.6 is 8.19 Å². The lowest BCUT2D eigenvalue weighted by atomic mass is 10.1. The summed E-state index contributed by atoms with van der Waals surface area (Å²) in [5.74, 6) is 0.904. The van der Waals surface area contributed by atoms with Crippen molar-refractivity contribution < 1.29 is 4.74 Å². The van der Waals surface area contributed by atoms with Gasteiger partial charge in [-0.25, -0.2) is 0 Å². The minimum atomic E-state index is 0.904. The van der Waals surface area contributed by atoms with Gasteiger partial charge in [0.15, 0.2) is 0 Å². The van der Waals surface area contributed by atoms with Crippen LogP contribution in [0.1, 0.15) is 0 Å². The van der Waals surface area contributed by atoms with Crippen LogP contribution in [0.25, 0.3) is 21.4 Å². The van der Waals surface area contributed by atoms with Crippen LogP contribution < -0.4 is 4.74 Å². The molecule has 0 aliphatic rings. The maximum absolute atomic E-state index is 5.17. The van der Waals surface area contributed by atoms with Gasteiger partial charge in [-0.3, -0.25) is 0 Å². The van der Waals surface area contributed by atoms with E-state index in [2.05, 4.69) is 42.5 Å². The minimum Gasteiger partial charge on any atom is -0.514 e. The van der Waals surface area contributed by atoms with Crippen molar-refractivity contribution in [1.82, 2.24) is 0 Å². The van der Waals surface area contributed by atoms with Crippen LogP contribution in [0.15, 0.2) is 54.6 Å². The SMILES string of the molecule is COc1ccc(-c2cc3ccccc3[p-]2)cc1. The topological polar surface area (TPSA) is 9.23 Å². The van der Waals surface area contributed by atoms with Crippen LogP contribution in [-0.4, -0.2) is 7.11 Å². The fraction of sp³-hybridized carbons (Fsp3) is 0.0667. The summed E-state index contributed by atoms with van der Waals surface area (Å²) in [6.07, 6.45) is 0. The Morgan fingerprint density at radius 1 is 0.941 bits per heavy atom. The third-order valence-electron chi connectivity index (χ3n) is 2.86. The molecule has 1 heterocycles. The molecule has 0 radical (unpaired) electrons. The average molecular weight is 239 g/mol. The van der Waals surface area contributed by atoms with Gasteiger partial charge in [-0.2, -0.15) is 10.4 Å². The lowest BCUT2D eigenvalue weighted by Crippen LogP contribution is -1.80. The Morgan fingerprint density at radius 3 is 2.41 bits per heavy atom. The van der Waals surface area contributed by atoms with Crippen LogP contribution in [0.3, 0.4) is 0 Å². The first-order valence-electron chi connectivity index (χ1n) is 5.54. The molecule has 2 aromatic carbocycles.